The number of benzene rings is 1. The highest BCUT2D eigenvalue weighted by molar-refractivity contribution is 5.94. The first-order valence-corrected chi connectivity index (χ1v) is 5.89. The lowest BCUT2D eigenvalue weighted by molar-refractivity contribution is -0.140. The fourth-order valence-electron chi connectivity index (χ4n) is 1.56. The predicted octanol–water partition coefficient (Wildman–Crippen LogP) is 1.65. The van der Waals surface area contributed by atoms with Crippen molar-refractivity contribution >= 4 is 17.7 Å². The highest BCUT2D eigenvalue weighted by atomic mass is 16.4. The van der Waals surface area contributed by atoms with Gasteiger partial charge in [-0.3, -0.25) is 4.90 Å². The summed E-state index contributed by atoms with van der Waals surface area (Å²) in [5, 5.41) is 20.8. The van der Waals surface area contributed by atoms with Gasteiger partial charge in [0.05, 0.1) is 0 Å². The summed E-state index contributed by atoms with van der Waals surface area (Å²) >= 11 is 0. The Morgan fingerprint density at radius 3 is 2.42 bits per heavy atom. The van der Waals surface area contributed by atoms with Gasteiger partial charge in [0.25, 0.3) is 0 Å². The number of amides is 2. The van der Waals surface area contributed by atoms with Gasteiger partial charge >= 0.3 is 12.0 Å². The minimum atomic E-state index is -1.08. The molecule has 0 radical (unpaired) electrons. The highest BCUT2D eigenvalue weighted by Crippen LogP contribution is 2.19. The number of carbonyl (C=O) groups excluding carboxylic acids is 1. The van der Waals surface area contributed by atoms with Crippen molar-refractivity contribution in [2.45, 2.75) is 19.9 Å². The molecule has 6 heteroatoms. The van der Waals surface area contributed by atoms with E-state index in [2.05, 4.69) is 5.32 Å². The number of carboxylic acid groups (broad SMARTS) is 1. The topological polar surface area (TPSA) is 89.9 Å². The van der Waals surface area contributed by atoms with Crippen LogP contribution in [-0.2, 0) is 4.79 Å². The van der Waals surface area contributed by atoms with E-state index in [1.54, 1.807) is 26.0 Å². The molecule has 0 spiro atoms. The number of phenolic OH excluding ortho intramolecular Hbond substituents is 1. The molecule has 104 valence electrons. The van der Waals surface area contributed by atoms with Gasteiger partial charge in [-0.05, 0) is 18.1 Å². The van der Waals surface area contributed by atoms with Crippen molar-refractivity contribution in [2.24, 2.45) is 5.92 Å². The number of aromatic hydroxyl groups is 1. The molecule has 0 aromatic heterocycles. The number of carbonyl (C=O) groups is 2. The van der Waals surface area contributed by atoms with Gasteiger partial charge in [0.1, 0.15) is 11.8 Å². The maximum atomic E-state index is 11.9. The summed E-state index contributed by atoms with van der Waals surface area (Å²) < 4.78 is 0. The maximum absolute atomic E-state index is 11.9. The molecule has 19 heavy (non-hydrogen) atoms. The smallest absolute Gasteiger partial charge is 0.326 e. The first-order valence-electron chi connectivity index (χ1n) is 5.89. The lowest BCUT2D eigenvalue weighted by atomic mass is 10.1. The van der Waals surface area contributed by atoms with Gasteiger partial charge in [-0.25, -0.2) is 9.59 Å². The van der Waals surface area contributed by atoms with Crippen LogP contribution in [0.5, 0.6) is 5.75 Å². The Kier molecular flexibility index (Phi) is 4.74. The van der Waals surface area contributed by atoms with E-state index in [0.29, 0.717) is 5.69 Å². The van der Waals surface area contributed by atoms with Gasteiger partial charge in [-0.1, -0.05) is 19.9 Å². The molecule has 0 fully saturated rings. The van der Waals surface area contributed by atoms with Gasteiger partial charge in [0, 0.05) is 18.8 Å². The Labute approximate surface area is 111 Å². The number of phenols is 1. The van der Waals surface area contributed by atoms with Crippen LogP contribution in [0.4, 0.5) is 10.5 Å². The normalized spacial score (nSPS) is 12.0. The van der Waals surface area contributed by atoms with Crippen LogP contribution in [0.1, 0.15) is 13.8 Å². The number of urea groups is 1. The number of carboxylic acids is 1. The third-order valence-corrected chi connectivity index (χ3v) is 2.73. The molecular weight excluding hydrogens is 248 g/mol. The molecule has 1 aromatic carbocycles. The van der Waals surface area contributed by atoms with Gasteiger partial charge in [-0.2, -0.15) is 0 Å². The zero-order chi connectivity index (χ0) is 14.6. The van der Waals surface area contributed by atoms with Crippen LogP contribution in [0.15, 0.2) is 24.3 Å². The van der Waals surface area contributed by atoms with Gasteiger partial charge in [-0.15, -0.1) is 0 Å². The summed E-state index contributed by atoms with van der Waals surface area (Å²) in [4.78, 5) is 24.2. The minimum absolute atomic E-state index is 0.0378. The summed E-state index contributed by atoms with van der Waals surface area (Å²) in [7, 11) is 1.50. The first-order chi connectivity index (χ1) is 8.82. The Bertz CT molecular complexity index is 473. The second-order valence-corrected chi connectivity index (χ2v) is 4.59. The van der Waals surface area contributed by atoms with Crippen molar-refractivity contribution in [1.29, 1.82) is 0 Å². The summed E-state index contributed by atoms with van der Waals surface area (Å²) in [6.07, 6.45) is 0. The van der Waals surface area contributed by atoms with Crippen molar-refractivity contribution < 1.29 is 19.8 Å². The molecule has 0 aliphatic heterocycles. The fraction of sp³-hybridized carbons (Fsp3) is 0.385. The summed E-state index contributed by atoms with van der Waals surface area (Å²) in [5.41, 5.74) is 0.477. The average Bonchev–Trinajstić information content (AvgIpc) is 2.33. The molecule has 3 N–H and O–H groups in total. The maximum Gasteiger partial charge on any atom is 0.326 e. The first kappa shape index (κ1) is 14.8. The SMILES string of the molecule is CC(C)[C@@H](NC(=O)N(C)c1cccc(O)c1)C(=O)O. The van der Waals surface area contributed by atoms with E-state index in [9.17, 15) is 14.7 Å². The van der Waals surface area contributed by atoms with Gasteiger partial charge in [0.2, 0.25) is 0 Å². The monoisotopic (exact) mass is 266 g/mol. The number of rotatable bonds is 4. The molecule has 0 saturated carbocycles. The Hall–Kier alpha value is -2.24. The summed E-state index contributed by atoms with van der Waals surface area (Å²) in [6.45, 7) is 3.43. The molecule has 0 heterocycles. The quantitative estimate of drug-likeness (QED) is 0.773. The third kappa shape index (κ3) is 3.87. The van der Waals surface area contributed by atoms with Gasteiger partial charge < -0.3 is 15.5 Å². The van der Waals surface area contributed by atoms with Crippen molar-refractivity contribution in [3.05, 3.63) is 24.3 Å². The predicted molar refractivity (Wildman–Crippen MR) is 71.3 cm³/mol. The van der Waals surface area contributed by atoms with Gasteiger partial charge in [0.15, 0.2) is 0 Å². The number of hydrogen-bond donors (Lipinski definition) is 3. The lowest BCUT2D eigenvalue weighted by Gasteiger charge is -2.23. The molecule has 0 saturated heterocycles. The average molecular weight is 266 g/mol. The lowest BCUT2D eigenvalue weighted by Crippen LogP contribution is -2.49. The van der Waals surface area contributed by atoms with E-state index in [-0.39, 0.29) is 11.7 Å². The molecule has 6 nitrogen and oxygen atoms in total. The van der Waals surface area contributed by atoms with E-state index >= 15 is 0 Å². The molecule has 1 aromatic rings. The highest BCUT2D eigenvalue weighted by Gasteiger charge is 2.25. The Morgan fingerprint density at radius 2 is 1.95 bits per heavy atom. The Morgan fingerprint density at radius 1 is 1.32 bits per heavy atom. The molecular formula is C13H18N2O4. The second-order valence-electron chi connectivity index (χ2n) is 4.59. The second kappa shape index (κ2) is 6.08. The van der Waals surface area contributed by atoms with Crippen molar-refractivity contribution in [3.8, 4) is 5.75 Å². The van der Waals surface area contributed by atoms with Crippen molar-refractivity contribution in [3.63, 3.8) is 0 Å². The molecule has 0 bridgehead atoms. The molecule has 0 aliphatic carbocycles. The largest absolute Gasteiger partial charge is 0.508 e. The third-order valence-electron chi connectivity index (χ3n) is 2.73. The number of anilines is 1. The molecule has 0 unspecified atom stereocenters. The van der Waals surface area contributed by atoms with Crippen molar-refractivity contribution in [2.75, 3.05) is 11.9 Å². The van der Waals surface area contributed by atoms with Crippen LogP contribution in [0, 0.1) is 5.92 Å². The van der Waals surface area contributed by atoms with E-state index in [0.717, 1.165) is 0 Å². The summed E-state index contributed by atoms with van der Waals surface area (Å²) in [5.74, 6) is -1.26. The molecule has 0 aliphatic rings. The van der Waals surface area contributed by atoms with Crippen LogP contribution in [0.25, 0.3) is 0 Å². The zero-order valence-corrected chi connectivity index (χ0v) is 11.1. The molecule has 2 amide bonds. The molecule has 1 atom stereocenters. The van der Waals surface area contributed by atoms with Crippen molar-refractivity contribution in [1.82, 2.24) is 5.32 Å². The number of nitrogens with zero attached hydrogens (tertiary/aromatic N) is 1. The Balaban J connectivity index is 2.80. The van der Waals surface area contributed by atoms with Crippen LogP contribution in [0.2, 0.25) is 0 Å². The van der Waals surface area contributed by atoms with Crippen LogP contribution < -0.4 is 10.2 Å². The minimum Gasteiger partial charge on any atom is -0.508 e. The van der Waals surface area contributed by atoms with E-state index in [1.807, 2.05) is 0 Å². The number of hydrogen-bond acceptors (Lipinski definition) is 3. The number of aliphatic carboxylic acids is 1. The zero-order valence-electron chi connectivity index (χ0n) is 11.1. The number of nitrogens with one attached hydrogen (secondary N) is 1. The van der Waals surface area contributed by atoms with E-state index in [1.165, 1.54) is 24.1 Å². The van der Waals surface area contributed by atoms with Crippen LogP contribution >= 0.6 is 0 Å². The van der Waals surface area contributed by atoms with Crippen LogP contribution in [-0.4, -0.2) is 35.3 Å². The summed E-state index contributed by atoms with van der Waals surface area (Å²) in [6, 6.07) is 4.67. The van der Waals surface area contributed by atoms with E-state index in [4.69, 9.17) is 5.11 Å². The van der Waals surface area contributed by atoms with E-state index < -0.39 is 18.0 Å². The standard InChI is InChI=1S/C13H18N2O4/c1-8(2)11(12(17)18)14-13(19)15(3)9-5-4-6-10(16)7-9/h4-8,11,16H,1-3H3,(H,14,19)(H,17,18)/t11-/m1/s1. The molecule has 1 rings (SSSR count). The fourth-order valence-corrected chi connectivity index (χ4v) is 1.56. The van der Waals surface area contributed by atoms with Crippen LogP contribution in [0.3, 0.4) is 0 Å².